The molecule has 0 bridgehead atoms. The molecule has 0 aromatic heterocycles. The molecule has 0 saturated carbocycles. The van der Waals surface area contributed by atoms with Gasteiger partial charge in [-0.05, 0) is 17.2 Å². The number of nitrogens with two attached hydrogens (primary N) is 1. The van der Waals surface area contributed by atoms with E-state index >= 15 is 0 Å². The Labute approximate surface area is 112 Å². The van der Waals surface area contributed by atoms with Gasteiger partial charge in [-0.3, -0.25) is 4.79 Å². The quantitative estimate of drug-likeness (QED) is 0.851. The topological polar surface area (TPSA) is 43.1 Å². The highest BCUT2D eigenvalue weighted by atomic mass is 19.1. The summed E-state index contributed by atoms with van der Waals surface area (Å²) in [5, 5.41) is 0. The Morgan fingerprint density at radius 3 is 2.53 bits per heavy atom. The third kappa shape index (κ3) is 2.71. The van der Waals surface area contributed by atoms with E-state index in [0.29, 0.717) is 29.7 Å². The lowest BCUT2D eigenvalue weighted by molar-refractivity contribution is 0.0989. The van der Waals surface area contributed by atoms with Crippen molar-refractivity contribution in [2.24, 2.45) is 5.73 Å². The first-order valence-corrected chi connectivity index (χ1v) is 6.28. The summed E-state index contributed by atoms with van der Waals surface area (Å²) in [7, 11) is 0. The van der Waals surface area contributed by atoms with E-state index in [0.717, 1.165) is 5.56 Å². The first-order chi connectivity index (χ1) is 9.17. The van der Waals surface area contributed by atoms with Gasteiger partial charge in [0.05, 0.1) is 0 Å². The number of carbonyl (C=O) groups excluding carboxylic acids is 1. The summed E-state index contributed by atoms with van der Waals surface area (Å²) < 4.78 is 14.1. The maximum Gasteiger partial charge on any atom is 0.163 e. The van der Waals surface area contributed by atoms with Crippen molar-refractivity contribution in [3.05, 3.63) is 59.4 Å². The summed E-state index contributed by atoms with van der Waals surface area (Å²) in [6, 6.07) is 12.0. The molecule has 19 heavy (non-hydrogen) atoms. The second-order valence-electron chi connectivity index (χ2n) is 4.34. The minimum absolute atomic E-state index is 0.0119. The molecule has 0 aliphatic carbocycles. The summed E-state index contributed by atoms with van der Waals surface area (Å²) in [6.45, 7) is 2.10. The molecular formula is C16H16FNO. The number of rotatable bonds is 4. The minimum atomic E-state index is -0.348. The van der Waals surface area contributed by atoms with E-state index in [4.69, 9.17) is 5.73 Å². The first-order valence-electron chi connectivity index (χ1n) is 6.28. The van der Waals surface area contributed by atoms with Gasteiger partial charge >= 0.3 is 0 Å². The molecule has 0 aliphatic rings. The Bertz CT molecular complexity index is 607. The lowest BCUT2D eigenvalue weighted by Crippen LogP contribution is -2.01. The van der Waals surface area contributed by atoms with Crippen LogP contribution in [0.15, 0.2) is 42.5 Å². The van der Waals surface area contributed by atoms with Crippen LogP contribution in [0.25, 0.3) is 11.1 Å². The molecule has 0 heterocycles. The molecule has 0 radical (unpaired) electrons. The Hall–Kier alpha value is -2.00. The molecule has 2 aromatic rings. The molecule has 0 atom stereocenters. The standard InChI is InChI=1S/C16H16FNO/c1-2-16(19)14-6-4-3-5-12(14)13-8-7-11(10-18)9-15(13)17/h3-9H,2,10,18H2,1H3. The van der Waals surface area contributed by atoms with Gasteiger partial charge in [-0.1, -0.05) is 43.3 Å². The molecule has 3 heteroatoms. The number of hydrogen-bond acceptors (Lipinski definition) is 2. The molecule has 2 N–H and O–H groups in total. The van der Waals surface area contributed by atoms with Crippen molar-refractivity contribution in [2.45, 2.75) is 19.9 Å². The van der Waals surface area contributed by atoms with Crippen molar-refractivity contribution in [3.63, 3.8) is 0 Å². The largest absolute Gasteiger partial charge is 0.326 e. The molecule has 0 unspecified atom stereocenters. The van der Waals surface area contributed by atoms with Crippen LogP contribution in [0.1, 0.15) is 29.3 Å². The monoisotopic (exact) mass is 257 g/mol. The zero-order chi connectivity index (χ0) is 13.8. The third-order valence-corrected chi connectivity index (χ3v) is 3.11. The Morgan fingerprint density at radius 1 is 1.16 bits per heavy atom. The lowest BCUT2D eigenvalue weighted by atomic mass is 9.95. The fraction of sp³-hybridized carbons (Fsp3) is 0.188. The van der Waals surface area contributed by atoms with Crippen molar-refractivity contribution in [1.29, 1.82) is 0 Å². The van der Waals surface area contributed by atoms with Crippen molar-refractivity contribution in [3.8, 4) is 11.1 Å². The maximum atomic E-state index is 14.1. The van der Waals surface area contributed by atoms with Crippen molar-refractivity contribution in [2.75, 3.05) is 0 Å². The van der Waals surface area contributed by atoms with Crippen LogP contribution < -0.4 is 5.73 Å². The summed E-state index contributed by atoms with van der Waals surface area (Å²) >= 11 is 0. The van der Waals surface area contributed by atoms with Gasteiger partial charge in [-0.25, -0.2) is 4.39 Å². The van der Waals surface area contributed by atoms with Gasteiger partial charge in [-0.2, -0.15) is 0 Å². The van der Waals surface area contributed by atoms with Crippen LogP contribution in [0.2, 0.25) is 0 Å². The molecular weight excluding hydrogens is 241 g/mol. The van der Waals surface area contributed by atoms with E-state index in [1.807, 2.05) is 0 Å². The molecule has 2 nitrogen and oxygen atoms in total. The number of hydrogen-bond donors (Lipinski definition) is 1. The van der Waals surface area contributed by atoms with Crippen LogP contribution in [-0.4, -0.2) is 5.78 Å². The SMILES string of the molecule is CCC(=O)c1ccccc1-c1ccc(CN)cc1F. The van der Waals surface area contributed by atoms with Gasteiger partial charge in [0.25, 0.3) is 0 Å². The predicted molar refractivity (Wildman–Crippen MR) is 74.3 cm³/mol. The van der Waals surface area contributed by atoms with E-state index in [-0.39, 0.29) is 11.6 Å². The predicted octanol–water partition coefficient (Wildman–Crippen LogP) is 3.54. The van der Waals surface area contributed by atoms with Crippen LogP contribution in [-0.2, 0) is 6.54 Å². The molecule has 98 valence electrons. The molecule has 2 aromatic carbocycles. The number of halogens is 1. The summed E-state index contributed by atoms with van der Waals surface area (Å²) in [5.41, 5.74) is 7.86. The van der Waals surface area contributed by atoms with Gasteiger partial charge in [-0.15, -0.1) is 0 Å². The summed E-state index contributed by atoms with van der Waals surface area (Å²) in [5.74, 6) is -0.336. The summed E-state index contributed by atoms with van der Waals surface area (Å²) in [6.07, 6.45) is 0.402. The van der Waals surface area contributed by atoms with E-state index in [2.05, 4.69) is 0 Å². The van der Waals surface area contributed by atoms with Crippen LogP contribution >= 0.6 is 0 Å². The van der Waals surface area contributed by atoms with Crippen LogP contribution in [0.4, 0.5) is 4.39 Å². The third-order valence-electron chi connectivity index (χ3n) is 3.11. The van der Waals surface area contributed by atoms with Crippen molar-refractivity contribution < 1.29 is 9.18 Å². The molecule has 0 amide bonds. The van der Waals surface area contributed by atoms with E-state index < -0.39 is 0 Å². The minimum Gasteiger partial charge on any atom is -0.326 e. The van der Waals surface area contributed by atoms with Crippen LogP contribution in [0, 0.1) is 5.82 Å². The Kier molecular flexibility index (Phi) is 4.07. The highest BCUT2D eigenvalue weighted by Crippen LogP contribution is 2.27. The van der Waals surface area contributed by atoms with Gasteiger partial charge in [0.1, 0.15) is 5.82 Å². The second kappa shape index (κ2) is 5.76. The van der Waals surface area contributed by atoms with Gasteiger partial charge in [0.2, 0.25) is 0 Å². The Morgan fingerprint density at radius 2 is 1.89 bits per heavy atom. The van der Waals surface area contributed by atoms with Crippen LogP contribution in [0.3, 0.4) is 0 Å². The smallest absolute Gasteiger partial charge is 0.163 e. The van der Waals surface area contributed by atoms with E-state index in [1.165, 1.54) is 6.07 Å². The normalized spacial score (nSPS) is 10.5. The molecule has 0 fully saturated rings. The molecule has 2 rings (SSSR count). The first kappa shape index (κ1) is 13.4. The average Bonchev–Trinajstić information content (AvgIpc) is 2.46. The number of ketones is 1. The average molecular weight is 257 g/mol. The van der Waals surface area contributed by atoms with Crippen molar-refractivity contribution in [1.82, 2.24) is 0 Å². The maximum absolute atomic E-state index is 14.1. The van der Waals surface area contributed by atoms with Crippen molar-refractivity contribution >= 4 is 5.78 Å². The fourth-order valence-electron chi connectivity index (χ4n) is 2.06. The molecule has 0 saturated heterocycles. The zero-order valence-electron chi connectivity index (χ0n) is 10.8. The zero-order valence-corrected chi connectivity index (χ0v) is 10.8. The Balaban J connectivity index is 2.56. The van der Waals surface area contributed by atoms with E-state index in [1.54, 1.807) is 43.3 Å². The highest BCUT2D eigenvalue weighted by molar-refractivity contribution is 6.02. The fourth-order valence-corrected chi connectivity index (χ4v) is 2.06. The number of carbonyl (C=O) groups is 1. The van der Waals surface area contributed by atoms with E-state index in [9.17, 15) is 9.18 Å². The second-order valence-corrected chi connectivity index (χ2v) is 4.34. The van der Waals surface area contributed by atoms with Gasteiger partial charge < -0.3 is 5.73 Å². The molecule has 0 spiro atoms. The molecule has 0 aliphatic heterocycles. The summed E-state index contributed by atoms with van der Waals surface area (Å²) in [4.78, 5) is 11.9. The highest BCUT2D eigenvalue weighted by Gasteiger charge is 2.13. The number of benzene rings is 2. The van der Waals surface area contributed by atoms with Gasteiger partial charge in [0, 0.05) is 24.1 Å². The van der Waals surface area contributed by atoms with Crippen LogP contribution in [0.5, 0.6) is 0 Å². The van der Waals surface area contributed by atoms with Gasteiger partial charge in [0.15, 0.2) is 5.78 Å². The number of Topliss-reactive ketones (excluding diaryl/α,β-unsaturated/α-hetero) is 1. The lowest BCUT2D eigenvalue weighted by Gasteiger charge is -2.10.